The van der Waals surface area contributed by atoms with Crippen LogP contribution in [0, 0.1) is 11.8 Å². The number of fused-ring (bicyclic) bond motifs is 1. The van der Waals surface area contributed by atoms with Crippen molar-refractivity contribution in [3.8, 4) is 0 Å². The van der Waals surface area contributed by atoms with Gasteiger partial charge in [0.1, 0.15) is 0 Å². The second-order valence-electron chi connectivity index (χ2n) is 4.55. The van der Waals surface area contributed by atoms with E-state index in [4.69, 9.17) is 4.74 Å². The topological polar surface area (TPSA) is 29.5 Å². The van der Waals surface area contributed by atoms with Gasteiger partial charge in [-0.1, -0.05) is 19.3 Å². The highest BCUT2D eigenvalue weighted by atomic mass is 16.5. The number of ether oxygens (including phenoxy) is 1. The van der Waals surface area contributed by atoms with Gasteiger partial charge in [-0.25, -0.2) is 0 Å². The fourth-order valence-electron chi connectivity index (χ4n) is 3.19. The first kappa shape index (κ1) is 9.47. The summed E-state index contributed by atoms with van der Waals surface area (Å²) in [6, 6.07) is 0. The van der Waals surface area contributed by atoms with E-state index in [2.05, 4.69) is 0 Å². The average molecular weight is 184 g/mol. The molecule has 0 aromatic carbocycles. The quantitative estimate of drug-likeness (QED) is 0.675. The minimum atomic E-state index is -0.204. The predicted octanol–water partition coefficient (Wildman–Crippen LogP) is 1.96. The summed E-state index contributed by atoms with van der Waals surface area (Å²) in [5, 5.41) is 9.78. The molecule has 0 saturated heterocycles. The Morgan fingerprint density at radius 1 is 1.08 bits per heavy atom. The molecular formula is C11H20O2. The van der Waals surface area contributed by atoms with Crippen molar-refractivity contribution < 1.29 is 9.84 Å². The highest BCUT2D eigenvalue weighted by Crippen LogP contribution is 2.41. The molecule has 0 aromatic rings. The van der Waals surface area contributed by atoms with E-state index >= 15 is 0 Å². The Morgan fingerprint density at radius 2 is 1.85 bits per heavy atom. The number of methoxy groups -OCH3 is 1. The molecule has 0 amide bonds. The lowest BCUT2D eigenvalue weighted by molar-refractivity contribution is -0.0989. The molecule has 2 aliphatic carbocycles. The van der Waals surface area contributed by atoms with E-state index in [0.717, 1.165) is 12.3 Å². The van der Waals surface area contributed by atoms with Gasteiger partial charge in [0.15, 0.2) is 0 Å². The third-order valence-corrected chi connectivity index (χ3v) is 3.87. The molecule has 2 heteroatoms. The Morgan fingerprint density at radius 3 is 2.62 bits per heavy atom. The highest BCUT2D eigenvalue weighted by molar-refractivity contribution is 4.90. The van der Waals surface area contributed by atoms with Gasteiger partial charge in [-0.05, 0) is 31.1 Å². The average Bonchev–Trinajstić information content (AvgIpc) is 2.18. The van der Waals surface area contributed by atoms with E-state index in [9.17, 15) is 5.11 Å². The molecule has 0 aliphatic heterocycles. The van der Waals surface area contributed by atoms with Crippen LogP contribution >= 0.6 is 0 Å². The SMILES string of the molecule is COC1C(O)CCC2CCCCC21. The number of hydrogen-bond donors (Lipinski definition) is 1. The minimum Gasteiger partial charge on any atom is -0.390 e. The van der Waals surface area contributed by atoms with Crippen molar-refractivity contribution in [1.29, 1.82) is 0 Å². The number of aliphatic hydroxyl groups excluding tert-OH is 1. The Labute approximate surface area is 80.3 Å². The molecule has 0 heterocycles. The van der Waals surface area contributed by atoms with Crippen LogP contribution < -0.4 is 0 Å². The summed E-state index contributed by atoms with van der Waals surface area (Å²) in [5.74, 6) is 1.48. The van der Waals surface area contributed by atoms with Crippen molar-refractivity contribution in [2.24, 2.45) is 11.8 Å². The maximum absolute atomic E-state index is 9.78. The Hall–Kier alpha value is -0.0800. The van der Waals surface area contributed by atoms with Crippen molar-refractivity contribution in [3.05, 3.63) is 0 Å². The second-order valence-corrected chi connectivity index (χ2v) is 4.55. The van der Waals surface area contributed by atoms with E-state index < -0.39 is 0 Å². The maximum atomic E-state index is 9.78. The first-order chi connectivity index (χ1) is 6.33. The monoisotopic (exact) mass is 184 g/mol. The van der Waals surface area contributed by atoms with Gasteiger partial charge in [0.2, 0.25) is 0 Å². The first-order valence-electron chi connectivity index (χ1n) is 5.54. The van der Waals surface area contributed by atoms with Crippen LogP contribution in [0.25, 0.3) is 0 Å². The van der Waals surface area contributed by atoms with E-state index in [1.807, 2.05) is 0 Å². The molecule has 13 heavy (non-hydrogen) atoms. The molecule has 0 radical (unpaired) electrons. The van der Waals surface area contributed by atoms with Gasteiger partial charge >= 0.3 is 0 Å². The molecule has 0 spiro atoms. The smallest absolute Gasteiger partial charge is 0.0860 e. The van der Waals surface area contributed by atoms with Crippen LogP contribution in [-0.2, 0) is 4.74 Å². The van der Waals surface area contributed by atoms with E-state index in [1.54, 1.807) is 7.11 Å². The summed E-state index contributed by atoms with van der Waals surface area (Å²) < 4.78 is 5.42. The van der Waals surface area contributed by atoms with Crippen LogP contribution in [0.4, 0.5) is 0 Å². The minimum absolute atomic E-state index is 0.124. The summed E-state index contributed by atoms with van der Waals surface area (Å²) in [5.41, 5.74) is 0. The molecule has 2 aliphatic rings. The molecule has 76 valence electrons. The molecule has 4 atom stereocenters. The predicted molar refractivity (Wildman–Crippen MR) is 51.5 cm³/mol. The molecular weight excluding hydrogens is 164 g/mol. The van der Waals surface area contributed by atoms with Gasteiger partial charge in [-0.3, -0.25) is 0 Å². The van der Waals surface area contributed by atoms with Crippen molar-refractivity contribution in [1.82, 2.24) is 0 Å². The fourth-order valence-corrected chi connectivity index (χ4v) is 3.19. The molecule has 2 saturated carbocycles. The van der Waals surface area contributed by atoms with Crippen LogP contribution in [0.2, 0.25) is 0 Å². The summed E-state index contributed by atoms with van der Waals surface area (Å²) >= 11 is 0. The van der Waals surface area contributed by atoms with Crippen LogP contribution in [-0.4, -0.2) is 24.4 Å². The van der Waals surface area contributed by atoms with E-state index in [1.165, 1.54) is 32.1 Å². The fraction of sp³-hybridized carbons (Fsp3) is 1.00. The van der Waals surface area contributed by atoms with Gasteiger partial charge in [0.25, 0.3) is 0 Å². The standard InChI is InChI=1S/C11H20O2/c1-13-11-9-5-3-2-4-8(9)6-7-10(11)12/h8-12H,2-7H2,1H3. The van der Waals surface area contributed by atoms with Crippen LogP contribution in [0.5, 0.6) is 0 Å². The van der Waals surface area contributed by atoms with Gasteiger partial charge < -0.3 is 9.84 Å². The number of rotatable bonds is 1. The third-order valence-electron chi connectivity index (χ3n) is 3.87. The lowest BCUT2D eigenvalue weighted by Crippen LogP contribution is -2.44. The number of hydrogen-bond acceptors (Lipinski definition) is 2. The van der Waals surface area contributed by atoms with E-state index in [0.29, 0.717) is 5.92 Å². The lowest BCUT2D eigenvalue weighted by Gasteiger charge is -2.43. The van der Waals surface area contributed by atoms with Crippen LogP contribution in [0.15, 0.2) is 0 Å². The van der Waals surface area contributed by atoms with Crippen molar-refractivity contribution in [3.63, 3.8) is 0 Å². The Balaban J connectivity index is 2.04. The molecule has 1 N–H and O–H groups in total. The normalized spacial score (nSPS) is 45.7. The summed E-state index contributed by atoms with van der Waals surface area (Å²) in [7, 11) is 1.74. The zero-order valence-electron chi connectivity index (χ0n) is 8.41. The highest BCUT2D eigenvalue weighted by Gasteiger charge is 2.39. The Kier molecular flexibility index (Phi) is 2.89. The van der Waals surface area contributed by atoms with Crippen LogP contribution in [0.3, 0.4) is 0 Å². The van der Waals surface area contributed by atoms with Crippen molar-refractivity contribution in [2.45, 2.75) is 50.7 Å². The largest absolute Gasteiger partial charge is 0.390 e. The molecule has 0 bridgehead atoms. The number of aliphatic hydroxyl groups is 1. The molecule has 2 rings (SSSR count). The van der Waals surface area contributed by atoms with Crippen molar-refractivity contribution >= 4 is 0 Å². The van der Waals surface area contributed by atoms with Gasteiger partial charge in [0, 0.05) is 7.11 Å². The Bertz CT molecular complexity index is 169. The molecule has 2 nitrogen and oxygen atoms in total. The molecule has 4 unspecified atom stereocenters. The van der Waals surface area contributed by atoms with Crippen LogP contribution in [0.1, 0.15) is 38.5 Å². The molecule has 0 aromatic heterocycles. The third kappa shape index (κ3) is 1.75. The summed E-state index contributed by atoms with van der Waals surface area (Å²) in [6.45, 7) is 0. The van der Waals surface area contributed by atoms with Gasteiger partial charge in [-0.15, -0.1) is 0 Å². The zero-order valence-corrected chi connectivity index (χ0v) is 8.41. The zero-order chi connectivity index (χ0) is 9.26. The summed E-state index contributed by atoms with van der Waals surface area (Å²) in [4.78, 5) is 0. The first-order valence-corrected chi connectivity index (χ1v) is 5.54. The lowest BCUT2D eigenvalue weighted by atomic mass is 9.68. The van der Waals surface area contributed by atoms with Gasteiger partial charge in [0.05, 0.1) is 12.2 Å². The van der Waals surface area contributed by atoms with Gasteiger partial charge in [-0.2, -0.15) is 0 Å². The second kappa shape index (κ2) is 3.97. The van der Waals surface area contributed by atoms with E-state index in [-0.39, 0.29) is 12.2 Å². The maximum Gasteiger partial charge on any atom is 0.0860 e. The van der Waals surface area contributed by atoms with Crippen molar-refractivity contribution in [2.75, 3.05) is 7.11 Å². The molecule has 2 fully saturated rings. The summed E-state index contributed by atoms with van der Waals surface area (Å²) in [6.07, 6.45) is 7.41.